The van der Waals surface area contributed by atoms with Crippen molar-refractivity contribution >= 4 is 11.8 Å². The number of benzene rings is 1. The topological polar surface area (TPSA) is 95.1 Å². The lowest BCUT2D eigenvalue weighted by Gasteiger charge is -2.17. The van der Waals surface area contributed by atoms with Crippen molar-refractivity contribution in [2.75, 3.05) is 40.5 Å². The summed E-state index contributed by atoms with van der Waals surface area (Å²) in [7, 11) is 3.03. The molecule has 2 N–H and O–H groups in total. The first kappa shape index (κ1) is 21.7. The van der Waals surface area contributed by atoms with Gasteiger partial charge >= 0.3 is 0 Å². The molecule has 0 heterocycles. The average Bonchev–Trinajstić information content (AvgIpc) is 2.65. The molecule has 146 valence electrons. The van der Waals surface area contributed by atoms with Crippen molar-refractivity contribution in [3.63, 3.8) is 0 Å². The predicted molar refractivity (Wildman–Crippen MR) is 96.5 cm³/mol. The number of amides is 2. The molecule has 0 atom stereocenters. The van der Waals surface area contributed by atoms with Gasteiger partial charge in [-0.25, -0.2) is 0 Å². The molecule has 0 unspecified atom stereocenters. The summed E-state index contributed by atoms with van der Waals surface area (Å²) < 4.78 is 21.0. The van der Waals surface area contributed by atoms with Gasteiger partial charge in [-0.2, -0.15) is 0 Å². The molecule has 0 aliphatic heterocycles. The minimum absolute atomic E-state index is 0.157. The van der Waals surface area contributed by atoms with Crippen molar-refractivity contribution < 1.29 is 28.5 Å². The molecule has 0 aliphatic rings. The van der Waals surface area contributed by atoms with Gasteiger partial charge in [0, 0.05) is 31.7 Å². The van der Waals surface area contributed by atoms with Crippen molar-refractivity contribution in [1.82, 2.24) is 10.6 Å². The van der Waals surface area contributed by atoms with Crippen molar-refractivity contribution in [1.29, 1.82) is 0 Å². The number of carbonyl (C=O) groups is 2. The normalized spacial score (nSPS) is 10.5. The van der Waals surface area contributed by atoms with E-state index in [0.717, 1.165) is 0 Å². The van der Waals surface area contributed by atoms with Crippen molar-refractivity contribution in [2.45, 2.75) is 26.6 Å². The van der Waals surface area contributed by atoms with Crippen molar-refractivity contribution in [3.05, 3.63) is 23.8 Å². The SMILES string of the molecule is CCOC(CNC(=O)CCNC(=O)c1ccc(OC)c(OC)c1)OCC. The number of hydrogen-bond acceptors (Lipinski definition) is 6. The Kier molecular flexibility index (Phi) is 10.1. The van der Waals surface area contributed by atoms with Gasteiger partial charge < -0.3 is 29.6 Å². The summed E-state index contributed by atoms with van der Waals surface area (Å²) in [4.78, 5) is 24.0. The molecule has 0 fully saturated rings. The van der Waals surface area contributed by atoms with Crippen molar-refractivity contribution in [3.8, 4) is 11.5 Å². The number of ether oxygens (including phenoxy) is 4. The van der Waals surface area contributed by atoms with E-state index >= 15 is 0 Å². The zero-order valence-corrected chi connectivity index (χ0v) is 15.8. The molecule has 0 spiro atoms. The molecule has 0 saturated heterocycles. The molecule has 0 aliphatic carbocycles. The smallest absolute Gasteiger partial charge is 0.251 e. The third-order valence-electron chi connectivity index (χ3n) is 3.45. The number of nitrogens with one attached hydrogen (secondary N) is 2. The summed E-state index contributed by atoms with van der Waals surface area (Å²) in [6, 6.07) is 4.87. The minimum atomic E-state index is -0.463. The van der Waals surface area contributed by atoms with Crippen LogP contribution in [0.1, 0.15) is 30.6 Å². The number of hydrogen-bond donors (Lipinski definition) is 2. The Morgan fingerprint density at radius 2 is 1.65 bits per heavy atom. The molecule has 8 heteroatoms. The minimum Gasteiger partial charge on any atom is -0.493 e. The van der Waals surface area contributed by atoms with Crippen LogP contribution in [0.5, 0.6) is 11.5 Å². The van der Waals surface area contributed by atoms with E-state index in [1.54, 1.807) is 18.2 Å². The van der Waals surface area contributed by atoms with Gasteiger partial charge in [0.2, 0.25) is 5.91 Å². The van der Waals surface area contributed by atoms with E-state index in [9.17, 15) is 9.59 Å². The first-order valence-electron chi connectivity index (χ1n) is 8.55. The highest BCUT2D eigenvalue weighted by atomic mass is 16.7. The molecule has 8 nitrogen and oxygen atoms in total. The summed E-state index contributed by atoms with van der Waals surface area (Å²) in [6.45, 7) is 5.20. The quantitative estimate of drug-likeness (QED) is 0.541. The lowest BCUT2D eigenvalue weighted by atomic mass is 10.2. The molecule has 1 rings (SSSR count). The van der Waals surface area contributed by atoms with Crippen LogP contribution in [0.15, 0.2) is 18.2 Å². The number of methoxy groups -OCH3 is 2. The summed E-state index contributed by atoms with van der Waals surface area (Å²) in [5.74, 6) is 0.527. The molecular formula is C18H28N2O6. The van der Waals surface area contributed by atoms with Gasteiger partial charge in [-0.3, -0.25) is 9.59 Å². The van der Waals surface area contributed by atoms with E-state index in [1.165, 1.54) is 14.2 Å². The van der Waals surface area contributed by atoms with Gasteiger partial charge in [0.05, 0.1) is 20.8 Å². The fraction of sp³-hybridized carbons (Fsp3) is 0.556. The molecule has 0 bridgehead atoms. The van der Waals surface area contributed by atoms with E-state index in [0.29, 0.717) is 30.3 Å². The van der Waals surface area contributed by atoms with Gasteiger partial charge in [0.15, 0.2) is 17.8 Å². The van der Waals surface area contributed by atoms with E-state index < -0.39 is 6.29 Å². The van der Waals surface area contributed by atoms with Crippen LogP contribution < -0.4 is 20.1 Å². The van der Waals surface area contributed by atoms with Crippen LogP contribution in [0.4, 0.5) is 0 Å². The van der Waals surface area contributed by atoms with E-state index in [-0.39, 0.29) is 31.3 Å². The van der Waals surface area contributed by atoms with Gasteiger partial charge in [0.1, 0.15) is 0 Å². The maximum absolute atomic E-state index is 12.2. The molecule has 0 aromatic heterocycles. The Morgan fingerprint density at radius 3 is 2.23 bits per heavy atom. The Bertz CT molecular complexity index is 573. The second-order valence-electron chi connectivity index (χ2n) is 5.22. The number of carbonyl (C=O) groups excluding carboxylic acids is 2. The number of rotatable bonds is 12. The third-order valence-corrected chi connectivity index (χ3v) is 3.45. The Hall–Kier alpha value is -2.32. The lowest BCUT2D eigenvalue weighted by molar-refractivity contribution is -0.140. The monoisotopic (exact) mass is 368 g/mol. The van der Waals surface area contributed by atoms with Crippen LogP contribution in [0.3, 0.4) is 0 Å². The summed E-state index contributed by atoms with van der Waals surface area (Å²) in [5, 5.41) is 5.42. The Morgan fingerprint density at radius 1 is 1.00 bits per heavy atom. The highest BCUT2D eigenvalue weighted by molar-refractivity contribution is 5.95. The molecule has 0 saturated carbocycles. The summed E-state index contributed by atoms with van der Waals surface area (Å²) in [6.07, 6.45) is -0.306. The van der Waals surface area contributed by atoms with Crippen LogP contribution >= 0.6 is 0 Å². The Balaban J connectivity index is 2.40. The highest BCUT2D eigenvalue weighted by Crippen LogP contribution is 2.27. The first-order chi connectivity index (χ1) is 12.5. The molecular weight excluding hydrogens is 340 g/mol. The Labute approximate surface area is 154 Å². The van der Waals surface area contributed by atoms with Gasteiger partial charge in [0.25, 0.3) is 5.91 Å². The lowest BCUT2D eigenvalue weighted by Crippen LogP contribution is -2.37. The van der Waals surface area contributed by atoms with E-state index in [1.807, 2.05) is 13.8 Å². The molecule has 2 amide bonds. The molecule has 1 aromatic carbocycles. The second-order valence-corrected chi connectivity index (χ2v) is 5.22. The standard InChI is InChI=1S/C18H28N2O6/c1-5-25-17(26-6-2)12-20-16(21)9-10-19-18(22)13-7-8-14(23-3)15(11-13)24-4/h7-8,11,17H,5-6,9-10,12H2,1-4H3,(H,19,22)(H,20,21). The van der Waals surface area contributed by atoms with Gasteiger partial charge in [-0.15, -0.1) is 0 Å². The maximum Gasteiger partial charge on any atom is 0.251 e. The van der Waals surface area contributed by atoms with Crippen LogP contribution in [0, 0.1) is 0 Å². The highest BCUT2D eigenvalue weighted by Gasteiger charge is 2.12. The first-order valence-corrected chi connectivity index (χ1v) is 8.55. The van der Waals surface area contributed by atoms with E-state index in [4.69, 9.17) is 18.9 Å². The summed E-state index contributed by atoms with van der Waals surface area (Å²) in [5.41, 5.74) is 0.427. The second kappa shape index (κ2) is 12.1. The van der Waals surface area contributed by atoms with Crippen molar-refractivity contribution in [2.24, 2.45) is 0 Å². The van der Waals surface area contributed by atoms with Crippen LogP contribution in [0.25, 0.3) is 0 Å². The fourth-order valence-corrected chi connectivity index (χ4v) is 2.19. The van der Waals surface area contributed by atoms with Crippen LogP contribution in [-0.2, 0) is 14.3 Å². The van der Waals surface area contributed by atoms with Crippen LogP contribution in [-0.4, -0.2) is 58.6 Å². The zero-order valence-electron chi connectivity index (χ0n) is 15.8. The summed E-state index contributed by atoms with van der Waals surface area (Å²) >= 11 is 0. The van der Waals surface area contributed by atoms with Crippen LogP contribution in [0.2, 0.25) is 0 Å². The van der Waals surface area contributed by atoms with E-state index in [2.05, 4.69) is 10.6 Å². The maximum atomic E-state index is 12.2. The predicted octanol–water partition coefficient (Wildman–Crippen LogP) is 1.34. The average molecular weight is 368 g/mol. The fourth-order valence-electron chi connectivity index (χ4n) is 2.19. The van der Waals surface area contributed by atoms with Gasteiger partial charge in [-0.1, -0.05) is 0 Å². The molecule has 26 heavy (non-hydrogen) atoms. The molecule has 0 radical (unpaired) electrons. The van der Waals surface area contributed by atoms with Gasteiger partial charge in [-0.05, 0) is 32.0 Å². The third kappa shape index (κ3) is 7.28. The largest absolute Gasteiger partial charge is 0.493 e. The zero-order chi connectivity index (χ0) is 19.4. The molecule has 1 aromatic rings.